The van der Waals surface area contributed by atoms with E-state index in [1.165, 1.54) is 0 Å². The lowest BCUT2D eigenvalue weighted by molar-refractivity contribution is 0.597. The molecule has 0 bridgehead atoms. The van der Waals surface area contributed by atoms with Gasteiger partial charge >= 0.3 is 0 Å². The smallest absolute Gasteiger partial charge is 0.265 e. The number of sulfonamides is 1. The van der Waals surface area contributed by atoms with Gasteiger partial charge in [0.25, 0.3) is 10.0 Å². The topological polar surface area (TPSA) is 59.3 Å². The summed E-state index contributed by atoms with van der Waals surface area (Å²) in [6, 6.07) is 21.5. The van der Waals surface area contributed by atoms with Crippen LogP contribution in [-0.2, 0) is 10.0 Å². The van der Waals surface area contributed by atoms with E-state index in [0.29, 0.717) is 16.9 Å². The van der Waals surface area contributed by atoms with Crippen molar-refractivity contribution in [3.05, 3.63) is 72.8 Å². The predicted molar refractivity (Wildman–Crippen MR) is 91.0 cm³/mol. The van der Waals surface area contributed by atoms with Crippen molar-refractivity contribution in [1.29, 1.82) is 0 Å². The van der Waals surface area contributed by atoms with E-state index in [2.05, 4.69) is 4.72 Å². The maximum atomic E-state index is 12.7. The van der Waals surface area contributed by atoms with E-state index < -0.39 is 10.0 Å². The Balaban J connectivity index is 1.91. The zero-order valence-electron chi connectivity index (χ0n) is 12.1. The largest absolute Gasteiger partial charge is 0.455 e. The number of furan rings is 1. The molecule has 1 heterocycles. The molecule has 0 aliphatic carbocycles. The van der Waals surface area contributed by atoms with Gasteiger partial charge in [0.1, 0.15) is 10.5 Å². The molecule has 5 heteroatoms. The first kappa shape index (κ1) is 13.8. The third kappa shape index (κ3) is 2.35. The Bertz CT molecular complexity index is 1100. The van der Waals surface area contributed by atoms with Gasteiger partial charge in [0.2, 0.25) is 0 Å². The zero-order chi connectivity index (χ0) is 15.9. The molecule has 0 spiro atoms. The van der Waals surface area contributed by atoms with E-state index >= 15 is 0 Å². The monoisotopic (exact) mass is 323 g/mol. The number of fused-ring (bicyclic) bond motifs is 3. The van der Waals surface area contributed by atoms with Crippen LogP contribution in [0, 0.1) is 0 Å². The summed E-state index contributed by atoms with van der Waals surface area (Å²) in [6.45, 7) is 0. The second-order valence-electron chi connectivity index (χ2n) is 5.20. The second kappa shape index (κ2) is 5.14. The molecule has 0 fully saturated rings. The molecule has 1 N–H and O–H groups in total. The highest BCUT2D eigenvalue weighted by molar-refractivity contribution is 7.93. The predicted octanol–water partition coefficient (Wildman–Crippen LogP) is 4.39. The van der Waals surface area contributed by atoms with E-state index in [9.17, 15) is 8.42 Å². The van der Waals surface area contributed by atoms with Crippen molar-refractivity contribution in [3.8, 4) is 0 Å². The molecule has 114 valence electrons. The van der Waals surface area contributed by atoms with Gasteiger partial charge in [-0.05, 0) is 24.3 Å². The van der Waals surface area contributed by atoms with Crippen LogP contribution in [0.5, 0.6) is 0 Å². The van der Waals surface area contributed by atoms with E-state index in [0.717, 1.165) is 10.8 Å². The number of nitrogens with one attached hydrogen (secondary N) is 1. The molecule has 4 aromatic rings. The fourth-order valence-corrected chi connectivity index (χ4v) is 3.86. The van der Waals surface area contributed by atoms with E-state index in [-0.39, 0.29) is 4.90 Å². The number of rotatable bonds is 3. The first-order valence-corrected chi connectivity index (χ1v) is 8.62. The van der Waals surface area contributed by atoms with Crippen molar-refractivity contribution in [2.24, 2.45) is 0 Å². The lowest BCUT2D eigenvalue weighted by atomic mass is 10.1. The summed E-state index contributed by atoms with van der Waals surface area (Å²) in [4.78, 5) is 0.134. The molecule has 23 heavy (non-hydrogen) atoms. The van der Waals surface area contributed by atoms with Crippen LogP contribution >= 0.6 is 0 Å². The first-order valence-electron chi connectivity index (χ1n) is 7.13. The Hall–Kier alpha value is -2.79. The van der Waals surface area contributed by atoms with Crippen LogP contribution in [-0.4, -0.2) is 8.42 Å². The van der Waals surface area contributed by atoms with Crippen LogP contribution in [0.15, 0.2) is 82.1 Å². The van der Waals surface area contributed by atoms with Crippen molar-refractivity contribution >= 4 is 37.6 Å². The highest BCUT2D eigenvalue weighted by atomic mass is 32.2. The van der Waals surface area contributed by atoms with Crippen LogP contribution in [0.2, 0.25) is 0 Å². The Morgan fingerprint density at radius 2 is 1.43 bits per heavy atom. The first-order chi connectivity index (χ1) is 11.1. The molecular formula is C18H13NO3S. The molecule has 0 amide bonds. The molecular weight excluding hydrogens is 310 g/mol. The van der Waals surface area contributed by atoms with Crippen molar-refractivity contribution < 1.29 is 12.8 Å². The molecule has 3 aromatic carbocycles. The van der Waals surface area contributed by atoms with Gasteiger partial charge in [-0.25, -0.2) is 8.42 Å². The normalized spacial score (nSPS) is 11.8. The third-order valence-electron chi connectivity index (χ3n) is 3.68. The summed E-state index contributed by atoms with van der Waals surface area (Å²) < 4.78 is 33.8. The van der Waals surface area contributed by atoms with Gasteiger partial charge in [-0.3, -0.25) is 4.72 Å². The summed E-state index contributed by atoms with van der Waals surface area (Å²) in [5.41, 5.74) is 1.56. The van der Waals surface area contributed by atoms with E-state index in [4.69, 9.17) is 4.42 Å². The summed E-state index contributed by atoms with van der Waals surface area (Å²) in [7, 11) is -3.73. The zero-order valence-corrected chi connectivity index (χ0v) is 12.9. The summed E-state index contributed by atoms with van der Waals surface area (Å²) in [5.74, 6) is 0. The van der Waals surface area contributed by atoms with Crippen molar-refractivity contribution in [3.63, 3.8) is 0 Å². The maximum absolute atomic E-state index is 12.7. The minimum absolute atomic E-state index is 0.134. The van der Waals surface area contributed by atoms with Crippen LogP contribution in [0.1, 0.15) is 0 Å². The van der Waals surface area contributed by atoms with Gasteiger partial charge < -0.3 is 4.42 Å². The SMILES string of the molecule is O=S(=O)(Nc1ccccc1)c1cccc2c1oc1ccccc12. The number of hydrogen-bond donors (Lipinski definition) is 1. The highest BCUT2D eigenvalue weighted by Gasteiger charge is 2.21. The minimum Gasteiger partial charge on any atom is -0.455 e. The van der Waals surface area contributed by atoms with Crippen LogP contribution in [0.4, 0.5) is 5.69 Å². The fraction of sp³-hybridized carbons (Fsp3) is 0. The molecule has 0 saturated heterocycles. The van der Waals surface area contributed by atoms with Crippen molar-refractivity contribution in [2.45, 2.75) is 4.90 Å². The molecule has 1 aromatic heterocycles. The van der Waals surface area contributed by atoms with Gasteiger partial charge in [0, 0.05) is 16.5 Å². The van der Waals surface area contributed by atoms with Crippen molar-refractivity contribution in [1.82, 2.24) is 0 Å². The van der Waals surface area contributed by atoms with Gasteiger partial charge in [-0.2, -0.15) is 0 Å². The minimum atomic E-state index is -3.73. The van der Waals surface area contributed by atoms with E-state index in [1.807, 2.05) is 36.4 Å². The van der Waals surface area contributed by atoms with Crippen LogP contribution in [0.3, 0.4) is 0 Å². The molecule has 0 unspecified atom stereocenters. The van der Waals surface area contributed by atoms with E-state index in [1.54, 1.807) is 36.4 Å². The Labute approximate surface area is 133 Å². The molecule has 0 aliphatic heterocycles. The Morgan fingerprint density at radius 3 is 2.26 bits per heavy atom. The van der Waals surface area contributed by atoms with Crippen LogP contribution < -0.4 is 4.72 Å². The van der Waals surface area contributed by atoms with Crippen molar-refractivity contribution in [2.75, 3.05) is 4.72 Å². The molecule has 0 aliphatic rings. The third-order valence-corrected chi connectivity index (χ3v) is 5.09. The quantitative estimate of drug-likeness (QED) is 0.608. The molecule has 0 atom stereocenters. The summed E-state index contributed by atoms with van der Waals surface area (Å²) in [6.07, 6.45) is 0. The second-order valence-corrected chi connectivity index (χ2v) is 6.85. The number of hydrogen-bond acceptors (Lipinski definition) is 3. The summed E-state index contributed by atoms with van der Waals surface area (Å²) >= 11 is 0. The Kier molecular flexibility index (Phi) is 3.09. The van der Waals surface area contributed by atoms with Gasteiger partial charge in [-0.1, -0.05) is 48.5 Å². The van der Waals surface area contributed by atoms with Crippen LogP contribution in [0.25, 0.3) is 21.9 Å². The standard InChI is InChI=1S/C18H13NO3S/c20-23(21,19-13-7-2-1-3-8-13)17-12-6-10-15-14-9-4-5-11-16(14)22-18(15)17/h1-12,19H. The van der Waals surface area contributed by atoms with Gasteiger partial charge in [-0.15, -0.1) is 0 Å². The highest BCUT2D eigenvalue weighted by Crippen LogP contribution is 2.33. The number of benzene rings is 3. The van der Waals surface area contributed by atoms with Gasteiger partial charge in [0.05, 0.1) is 0 Å². The average molecular weight is 323 g/mol. The fourth-order valence-electron chi connectivity index (χ4n) is 2.65. The molecule has 4 nitrogen and oxygen atoms in total. The average Bonchev–Trinajstić information content (AvgIpc) is 2.94. The van der Waals surface area contributed by atoms with Gasteiger partial charge in [0.15, 0.2) is 5.58 Å². The molecule has 0 radical (unpaired) electrons. The maximum Gasteiger partial charge on any atom is 0.265 e. The lowest BCUT2D eigenvalue weighted by Crippen LogP contribution is -2.13. The number of anilines is 1. The Morgan fingerprint density at radius 1 is 0.739 bits per heavy atom. The molecule has 0 saturated carbocycles. The number of para-hydroxylation sites is 3. The molecule has 4 rings (SSSR count). The lowest BCUT2D eigenvalue weighted by Gasteiger charge is -2.08. The summed E-state index contributed by atoms with van der Waals surface area (Å²) in [5, 5.41) is 1.69.